The van der Waals surface area contributed by atoms with Crippen LogP contribution in [0.1, 0.15) is 32.1 Å². The Morgan fingerprint density at radius 1 is 1.07 bits per heavy atom. The summed E-state index contributed by atoms with van der Waals surface area (Å²) in [7, 11) is -0.819. The van der Waals surface area contributed by atoms with E-state index in [1.165, 1.54) is 21.6 Å². The third kappa shape index (κ3) is 3.14. The lowest BCUT2D eigenvalue weighted by Crippen LogP contribution is -2.38. The molecular formula is C18H22BrN3O4S. The number of hydrogen-bond acceptors (Lipinski definition) is 4. The highest BCUT2D eigenvalue weighted by Crippen LogP contribution is 2.44. The van der Waals surface area contributed by atoms with Crippen molar-refractivity contribution in [1.82, 2.24) is 13.9 Å². The molecule has 0 aliphatic heterocycles. The topological polar surface area (TPSA) is 90.2 Å². The predicted octanol–water partition coefficient (Wildman–Crippen LogP) is 2.27. The largest absolute Gasteiger partial charge is 0.328 e. The second-order valence-corrected chi connectivity index (χ2v) is 10.4. The Hall–Kier alpha value is -1.61. The van der Waals surface area contributed by atoms with Crippen LogP contribution in [-0.4, -0.2) is 23.5 Å². The molecule has 2 aliphatic rings. The smallest absolute Gasteiger partial charge is 0.295 e. The first-order valence-electron chi connectivity index (χ1n) is 9.09. The van der Waals surface area contributed by atoms with E-state index in [0.29, 0.717) is 27.3 Å². The van der Waals surface area contributed by atoms with Crippen LogP contribution in [0.15, 0.2) is 26.3 Å². The molecule has 4 rings (SSSR count). The fourth-order valence-electron chi connectivity index (χ4n) is 4.70. The van der Waals surface area contributed by atoms with Crippen LogP contribution in [0.5, 0.6) is 0 Å². The number of fused-ring (bicyclic) bond motifs is 3. The van der Waals surface area contributed by atoms with Gasteiger partial charge in [0.15, 0.2) is 0 Å². The van der Waals surface area contributed by atoms with Crippen LogP contribution in [0.25, 0.3) is 11.0 Å². The van der Waals surface area contributed by atoms with Crippen LogP contribution in [0.4, 0.5) is 0 Å². The standard InChI is InChI=1S/C18H22BrN3O4S/c1-21-14-8-13(19)16(9-15(14)22(2)18(21)24)27(25,26)20-17(23)12-6-10-3-4-11(5-10)7-12/h8-12H,3-7H2,1-2H3,(H,20,23). The van der Waals surface area contributed by atoms with E-state index in [9.17, 15) is 18.0 Å². The number of carbonyl (C=O) groups excluding carboxylic acids is 1. The number of hydrogen-bond donors (Lipinski definition) is 1. The van der Waals surface area contributed by atoms with E-state index in [1.54, 1.807) is 20.2 Å². The third-order valence-corrected chi connectivity index (χ3v) is 8.41. The van der Waals surface area contributed by atoms with Crippen molar-refractivity contribution < 1.29 is 13.2 Å². The third-order valence-electron chi connectivity index (χ3n) is 6.11. The van der Waals surface area contributed by atoms with E-state index in [0.717, 1.165) is 25.7 Å². The molecule has 0 saturated heterocycles. The second-order valence-electron chi connectivity index (χ2n) is 7.86. The molecule has 7 nitrogen and oxygen atoms in total. The van der Waals surface area contributed by atoms with Crippen LogP contribution in [0, 0.1) is 17.8 Å². The second kappa shape index (κ2) is 6.48. The maximum absolute atomic E-state index is 12.9. The van der Waals surface area contributed by atoms with Crippen molar-refractivity contribution >= 4 is 42.9 Å². The zero-order chi connectivity index (χ0) is 19.5. The van der Waals surface area contributed by atoms with Gasteiger partial charge in [-0.3, -0.25) is 13.9 Å². The Morgan fingerprint density at radius 2 is 1.63 bits per heavy atom. The average Bonchev–Trinajstić information content (AvgIpc) is 3.05. The maximum atomic E-state index is 12.9. The molecule has 1 N–H and O–H groups in total. The van der Waals surface area contributed by atoms with Crippen molar-refractivity contribution in [1.29, 1.82) is 0 Å². The van der Waals surface area contributed by atoms with Gasteiger partial charge in [-0.25, -0.2) is 17.9 Å². The zero-order valence-electron chi connectivity index (χ0n) is 15.2. The van der Waals surface area contributed by atoms with Gasteiger partial charge < -0.3 is 0 Å². The lowest BCUT2D eigenvalue weighted by molar-refractivity contribution is -0.124. The summed E-state index contributed by atoms with van der Waals surface area (Å²) in [5.41, 5.74) is 0.867. The molecule has 2 saturated carbocycles. The van der Waals surface area contributed by atoms with Gasteiger partial charge in [0.25, 0.3) is 10.0 Å². The number of halogens is 1. The van der Waals surface area contributed by atoms with E-state index in [4.69, 9.17) is 0 Å². The van der Waals surface area contributed by atoms with Gasteiger partial charge in [-0.15, -0.1) is 0 Å². The zero-order valence-corrected chi connectivity index (χ0v) is 17.6. The van der Waals surface area contributed by atoms with Crippen molar-refractivity contribution in [2.45, 2.75) is 37.0 Å². The molecule has 1 aromatic carbocycles. The van der Waals surface area contributed by atoms with Gasteiger partial charge in [0.2, 0.25) is 5.91 Å². The average molecular weight is 456 g/mol. The highest BCUT2D eigenvalue weighted by atomic mass is 79.9. The minimum Gasteiger partial charge on any atom is -0.295 e. The van der Waals surface area contributed by atoms with Crippen LogP contribution >= 0.6 is 15.9 Å². The number of nitrogens with one attached hydrogen (secondary N) is 1. The highest BCUT2D eigenvalue weighted by molar-refractivity contribution is 9.10. The van der Waals surface area contributed by atoms with Crippen molar-refractivity contribution in [3.63, 3.8) is 0 Å². The molecule has 27 heavy (non-hydrogen) atoms. The first kappa shape index (κ1) is 18.7. The fourth-order valence-corrected chi connectivity index (χ4v) is 6.79. The molecule has 2 atom stereocenters. The Bertz CT molecular complexity index is 1090. The van der Waals surface area contributed by atoms with Gasteiger partial charge in [0, 0.05) is 24.5 Å². The van der Waals surface area contributed by atoms with Gasteiger partial charge in [0.05, 0.1) is 11.0 Å². The molecule has 1 heterocycles. The maximum Gasteiger partial charge on any atom is 0.328 e. The molecular weight excluding hydrogens is 434 g/mol. The van der Waals surface area contributed by atoms with E-state index in [1.807, 2.05) is 0 Å². The van der Waals surface area contributed by atoms with E-state index >= 15 is 0 Å². The van der Waals surface area contributed by atoms with Gasteiger partial charge >= 0.3 is 5.69 Å². The molecule has 0 spiro atoms. The minimum absolute atomic E-state index is 0.0386. The lowest BCUT2D eigenvalue weighted by Gasteiger charge is -2.26. The van der Waals surface area contributed by atoms with Crippen molar-refractivity contribution in [2.75, 3.05) is 0 Å². The van der Waals surface area contributed by atoms with E-state index in [-0.39, 0.29) is 16.5 Å². The molecule has 146 valence electrons. The number of nitrogens with zero attached hydrogens (tertiary/aromatic N) is 2. The summed E-state index contributed by atoms with van der Waals surface area (Å²) in [5, 5.41) is 0. The van der Waals surface area contributed by atoms with Crippen LogP contribution < -0.4 is 10.4 Å². The number of aryl methyl sites for hydroxylation is 2. The summed E-state index contributed by atoms with van der Waals surface area (Å²) in [4.78, 5) is 24.7. The van der Waals surface area contributed by atoms with E-state index < -0.39 is 15.9 Å². The molecule has 1 aromatic heterocycles. The molecule has 2 bridgehead atoms. The predicted molar refractivity (Wildman–Crippen MR) is 105 cm³/mol. The normalized spacial score (nSPS) is 25.1. The molecule has 0 radical (unpaired) electrons. The number of sulfonamides is 1. The Kier molecular flexibility index (Phi) is 4.50. The number of aromatic nitrogens is 2. The van der Waals surface area contributed by atoms with Crippen molar-refractivity contribution in [3.05, 3.63) is 27.1 Å². The molecule has 2 fully saturated rings. The highest BCUT2D eigenvalue weighted by Gasteiger charge is 2.38. The number of benzene rings is 1. The van der Waals surface area contributed by atoms with Gasteiger partial charge in [-0.2, -0.15) is 0 Å². The Morgan fingerprint density at radius 3 is 2.22 bits per heavy atom. The summed E-state index contributed by atoms with van der Waals surface area (Å²) in [6.45, 7) is 0. The summed E-state index contributed by atoms with van der Waals surface area (Å²) in [6, 6.07) is 3.03. The van der Waals surface area contributed by atoms with Crippen LogP contribution in [0.2, 0.25) is 0 Å². The summed E-state index contributed by atoms with van der Waals surface area (Å²) < 4.78 is 31.2. The Balaban J connectivity index is 1.65. The quantitative estimate of drug-likeness (QED) is 0.768. The number of rotatable bonds is 3. The molecule has 2 unspecified atom stereocenters. The van der Waals surface area contributed by atoms with Gasteiger partial charge in [0.1, 0.15) is 4.90 Å². The number of imidazole rings is 1. The van der Waals surface area contributed by atoms with Crippen molar-refractivity contribution in [3.8, 4) is 0 Å². The van der Waals surface area contributed by atoms with E-state index in [2.05, 4.69) is 20.7 Å². The first-order chi connectivity index (χ1) is 12.7. The Labute approximate surface area is 165 Å². The lowest BCUT2D eigenvalue weighted by atomic mass is 9.81. The van der Waals surface area contributed by atoms with Crippen molar-refractivity contribution in [2.24, 2.45) is 31.8 Å². The van der Waals surface area contributed by atoms with Crippen LogP contribution in [-0.2, 0) is 28.9 Å². The van der Waals surface area contributed by atoms with Gasteiger partial charge in [-0.05, 0) is 59.2 Å². The molecule has 1 amide bonds. The first-order valence-corrected chi connectivity index (χ1v) is 11.4. The van der Waals surface area contributed by atoms with Crippen LogP contribution in [0.3, 0.4) is 0 Å². The SMILES string of the molecule is Cn1c(=O)n(C)c2cc(S(=O)(=O)NC(=O)C3CC4CCC(C4)C3)c(Br)cc21. The molecule has 2 aromatic rings. The molecule has 9 heteroatoms. The molecule has 2 aliphatic carbocycles. The summed E-state index contributed by atoms with van der Waals surface area (Å²) >= 11 is 3.28. The monoisotopic (exact) mass is 455 g/mol. The summed E-state index contributed by atoms with van der Waals surface area (Å²) in [6.07, 6.45) is 4.99. The number of carbonyl (C=O) groups is 1. The fraction of sp³-hybridized carbons (Fsp3) is 0.556. The van der Waals surface area contributed by atoms with Gasteiger partial charge in [-0.1, -0.05) is 12.8 Å². The minimum atomic E-state index is -4.04. The number of amides is 1. The summed E-state index contributed by atoms with van der Waals surface area (Å²) in [5.74, 6) is 0.434.